The van der Waals surface area contributed by atoms with Crippen LogP contribution < -0.4 is 10.2 Å². The van der Waals surface area contributed by atoms with Gasteiger partial charge >= 0.3 is 5.97 Å². The average molecular weight is 398 g/mol. The molecular weight excluding hydrogens is 382 g/mol. The molecule has 1 heterocycles. The molecule has 1 aliphatic heterocycles. The molecule has 0 bridgehead atoms. The van der Waals surface area contributed by atoms with Crippen molar-refractivity contribution in [3.05, 3.63) is 58.6 Å². The number of anilines is 2. The number of hydrogen-bond acceptors (Lipinski definition) is 5. The number of halogens is 1. The molecule has 1 N–H and O–H groups in total. The highest BCUT2D eigenvalue weighted by Gasteiger charge is 2.35. The summed E-state index contributed by atoms with van der Waals surface area (Å²) in [6, 6.07) is 13.1. The highest BCUT2D eigenvalue weighted by atomic mass is 35.5. The zero-order chi connectivity index (χ0) is 20.3. The Balaban J connectivity index is 1.75. The van der Waals surface area contributed by atoms with Crippen LogP contribution in [0.15, 0.2) is 42.5 Å². The fourth-order valence-electron chi connectivity index (χ4n) is 2.98. The number of carbonyl (C=O) groups is 3. The van der Waals surface area contributed by atoms with E-state index in [2.05, 4.69) is 10.1 Å². The molecule has 0 saturated carbocycles. The van der Waals surface area contributed by atoms with E-state index in [1.54, 1.807) is 24.3 Å². The van der Waals surface area contributed by atoms with Gasteiger partial charge in [-0.1, -0.05) is 17.7 Å². The van der Waals surface area contributed by atoms with Crippen molar-refractivity contribution >= 4 is 40.8 Å². The number of ether oxygens (including phenoxy) is 1. The highest BCUT2D eigenvalue weighted by Crippen LogP contribution is 2.28. The number of carbonyl (C=O) groups excluding carboxylic acids is 3. The lowest BCUT2D eigenvalue weighted by atomic mass is 10.1. The first kappa shape index (κ1) is 19.4. The first-order valence-corrected chi connectivity index (χ1v) is 8.80. The summed E-state index contributed by atoms with van der Waals surface area (Å²) in [6.07, 6.45) is 0.0386. The molecule has 28 heavy (non-hydrogen) atoms. The molecule has 2 aromatic rings. The van der Waals surface area contributed by atoms with Crippen LogP contribution in [0.1, 0.15) is 22.3 Å². The van der Waals surface area contributed by atoms with E-state index < -0.39 is 11.9 Å². The van der Waals surface area contributed by atoms with Crippen LogP contribution in [-0.4, -0.2) is 31.4 Å². The zero-order valence-electron chi connectivity index (χ0n) is 14.9. The highest BCUT2D eigenvalue weighted by molar-refractivity contribution is 6.34. The SMILES string of the molecule is COC(=O)c1ccc(Cl)c(NC(=O)C2CC(=O)N(c3cccc(C#N)c3)C2)c1. The molecule has 0 aliphatic carbocycles. The van der Waals surface area contributed by atoms with Crippen LogP contribution in [0.2, 0.25) is 5.02 Å². The van der Waals surface area contributed by atoms with Crippen LogP contribution >= 0.6 is 11.6 Å². The number of methoxy groups -OCH3 is 1. The smallest absolute Gasteiger partial charge is 0.337 e. The van der Waals surface area contributed by atoms with Crippen LogP contribution in [0.5, 0.6) is 0 Å². The van der Waals surface area contributed by atoms with Crippen LogP contribution in [0.3, 0.4) is 0 Å². The van der Waals surface area contributed by atoms with Gasteiger partial charge in [-0.3, -0.25) is 9.59 Å². The molecule has 0 radical (unpaired) electrons. The van der Waals surface area contributed by atoms with Crippen molar-refractivity contribution in [3.63, 3.8) is 0 Å². The number of rotatable bonds is 4. The van der Waals surface area contributed by atoms with E-state index in [9.17, 15) is 14.4 Å². The molecule has 2 aromatic carbocycles. The maximum atomic E-state index is 12.6. The fourth-order valence-corrected chi connectivity index (χ4v) is 3.14. The molecule has 1 fully saturated rings. The summed E-state index contributed by atoms with van der Waals surface area (Å²) < 4.78 is 4.66. The number of nitrogens with zero attached hydrogens (tertiary/aromatic N) is 2. The Bertz CT molecular complexity index is 999. The summed E-state index contributed by atoms with van der Waals surface area (Å²) >= 11 is 6.11. The summed E-state index contributed by atoms with van der Waals surface area (Å²) in [5.41, 5.74) is 1.53. The number of hydrogen-bond donors (Lipinski definition) is 1. The minimum absolute atomic E-state index is 0.0386. The van der Waals surface area contributed by atoms with Crippen LogP contribution in [0.4, 0.5) is 11.4 Å². The first-order valence-electron chi connectivity index (χ1n) is 8.42. The van der Waals surface area contributed by atoms with Gasteiger partial charge in [0.05, 0.1) is 40.9 Å². The molecule has 1 aliphatic rings. The van der Waals surface area contributed by atoms with Crippen LogP contribution in [-0.2, 0) is 14.3 Å². The molecule has 1 saturated heterocycles. The lowest BCUT2D eigenvalue weighted by molar-refractivity contribution is -0.122. The van der Waals surface area contributed by atoms with E-state index in [-0.39, 0.29) is 41.1 Å². The van der Waals surface area contributed by atoms with Crippen LogP contribution in [0.25, 0.3) is 0 Å². The Labute approximate surface area is 166 Å². The van der Waals surface area contributed by atoms with Crippen molar-refractivity contribution < 1.29 is 19.1 Å². The number of nitrogens with one attached hydrogen (secondary N) is 1. The van der Waals surface area contributed by atoms with E-state index >= 15 is 0 Å². The van der Waals surface area contributed by atoms with Crippen molar-refractivity contribution in [2.24, 2.45) is 5.92 Å². The predicted octanol–water partition coefficient (Wildman–Crippen LogP) is 2.99. The molecule has 0 aromatic heterocycles. The third-order valence-electron chi connectivity index (χ3n) is 4.43. The van der Waals surface area contributed by atoms with Gasteiger partial charge in [0, 0.05) is 18.7 Å². The molecular formula is C20H16ClN3O4. The average Bonchev–Trinajstić information content (AvgIpc) is 3.11. The molecule has 142 valence electrons. The molecule has 7 nitrogen and oxygen atoms in total. The minimum Gasteiger partial charge on any atom is -0.465 e. The molecule has 0 spiro atoms. The van der Waals surface area contributed by atoms with Gasteiger partial charge in [-0.2, -0.15) is 5.26 Å². The summed E-state index contributed by atoms with van der Waals surface area (Å²) in [6.45, 7) is 0.188. The van der Waals surface area contributed by atoms with Gasteiger partial charge in [0.2, 0.25) is 11.8 Å². The quantitative estimate of drug-likeness (QED) is 0.799. The molecule has 1 unspecified atom stereocenters. The first-order chi connectivity index (χ1) is 13.4. The number of amides is 2. The van der Waals surface area contributed by atoms with Crippen molar-refractivity contribution in [3.8, 4) is 6.07 Å². The van der Waals surface area contributed by atoms with Crippen LogP contribution in [0, 0.1) is 17.2 Å². The van der Waals surface area contributed by atoms with E-state index in [1.165, 1.54) is 30.2 Å². The normalized spacial score (nSPS) is 15.8. The van der Waals surface area contributed by atoms with Crippen molar-refractivity contribution in [1.29, 1.82) is 5.26 Å². The topological polar surface area (TPSA) is 99.5 Å². The van der Waals surface area contributed by atoms with E-state index in [0.29, 0.717) is 11.3 Å². The predicted molar refractivity (Wildman–Crippen MR) is 103 cm³/mol. The lowest BCUT2D eigenvalue weighted by Gasteiger charge is -2.17. The van der Waals surface area contributed by atoms with Gasteiger partial charge in [-0.25, -0.2) is 4.79 Å². The lowest BCUT2D eigenvalue weighted by Crippen LogP contribution is -2.28. The molecule has 3 rings (SSSR count). The Hall–Kier alpha value is -3.37. The monoisotopic (exact) mass is 397 g/mol. The molecule has 2 amide bonds. The van der Waals surface area contributed by atoms with E-state index in [1.807, 2.05) is 6.07 Å². The third kappa shape index (κ3) is 3.97. The fraction of sp³-hybridized carbons (Fsp3) is 0.200. The number of benzene rings is 2. The van der Waals surface area contributed by atoms with Gasteiger partial charge in [0.1, 0.15) is 0 Å². The summed E-state index contributed by atoms with van der Waals surface area (Å²) in [7, 11) is 1.26. The van der Waals surface area contributed by atoms with Crippen molar-refractivity contribution in [1.82, 2.24) is 0 Å². The Morgan fingerprint density at radius 1 is 1.29 bits per heavy atom. The summed E-state index contributed by atoms with van der Waals surface area (Å²) in [5.74, 6) is -1.72. The Morgan fingerprint density at radius 2 is 2.07 bits per heavy atom. The standard InChI is InChI=1S/C20H16ClN3O4/c1-28-20(27)13-5-6-16(21)17(8-13)23-19(26)14-9-18(25)24(11-14)15-4-2-3-12(7-15)10-22/h2-8,14H,9,11H2,1H3,(H,23,26). The van der Waals surface area contributed by atoms with Gasteiger partial charge in [0.25, 0.3) is 0 Å². The largest absolute Gasteiger partial charge is 0.465 e. The van der Waals surface area contributed by atoms with Crippen molar-refractivity contribution in [2.75, 3.05) is 23.9 Å². The van der Waals surface area contributed by atoms with E-state index in [4.69, 9.17) is 16.9 Å². The Kier molecular flexibility index (Phi) is 5.62. The van der Waals surface area contributed by atoms with Gasteiger partial charge in [-0.15, -0.1) is 0 Å². The van der Waals surface area contributed by atoms with Gasteiger partial charge in [0.15, 0.2) is 0 Å². The third-order valence-corrected chi connectivity index (χ3v) is 4.76. The number of esters is 1. The zero-order valence-corrected chi connectivity index (χ0v) is 15.7. The van der Waals surface area contributed by atoms with Gasteiger partial charge < -0.3 is 15.0 Å². The number of nitriles is 1. The second-order valence-electron chi connectivity index (χ2n) is 6.24. The maximum absolute atomic E-state index is 12.6. The van der Waals surface area contributed by atoms with Crippen molar-refractivity contribution in [2.45, 2.75) is 6.42 Å². The summed E-state index contributed by atoms with van der Waals surface area (Å²) in [5, 5.41) is 12.0. The molecule has 1 atom stereocenters. The molecule has 8 heteroatoms. The Morgan fingerprint density at radius 3 is 2.79 bits per heavy atom. The minimum atomic E-state index is -0.587. The maximum Gasteiger partial charge on any atom is 0.337 e. The second-order valence-corrected chi connectivity index (χ2v) is 6.65. The summed E-state index contributed by atoms with van der Waals surface area (Å²) in [4.78, 5) is 38.2. The van der Waals surface area contributed by atoms with Gasteiger partial charge in [-0.05, 0) is 36.4 Å². The second kappa shape index (κ2) is 8.11. The van der Waals surface area contributed by atoms with E-state index in [0.717, 1.165) is 0 Å².